The number of carbonyl (C=O) groups excluding carboxylic acids is 1. The second-order valence-corrected chi connectivity index (χ2v) is 3.82. The Morgan fingerprint density at radius 2 is 2.29 bits per heavy atom. The Morgan fingerprint density at radius 1 is 1.59 bits per heavy atom. The summed E-state index contributed by atoms with van der Waals surface area (Å²) < 4.78 is 13.0. The average molecular weight is 237 g/mol. The fourth-order valence-corrected chi connectivity index (χ4v) is 1.46. The lowest BCUT2D eigenvalue weighted by molar-refractivity contribution is 0.0790. The molecule has 0 aliphatic heterocycles. The maximum Gasteiger partial charge on any atom is 0.257 e. The van der Waals surface area contributed by atoms with Gasteiger partial charge in [0, 0.05) is 13.6 Å². The summed E-state index contributed by atoms with van der Waals surface area (Å²) in [5.74, 6) is -1.12. The van der Waals surface area contributed by atoms with E-state index in [1.54, 1.807) is 13.1 Å². The molecule has 92 valence electrons. The minimum Gasteiger partial charge on any atom is -0.507 e. The lowest BCUT2D eigenvalue weighted by Gasteiger charge is -2.17. The van der Waals surface area contributed by atoms with Crippen LogP contribution >= 0.6 is 0 Å². The first-order chi connectivity index (χ1) is 8.06. The highest BCUT2D eigenvalue weighted by Crippen LogP contribution is 2.19. The van der Waals surface area contributed by atoms with Crippen molar-refractivity contribution in [3.63, 3.8) is 0 Å². The Morgan fingerprint density at radius 3 is 2.94 bits per heavy atom. The van der Waals surface area contributed by atoms with E-state index in [9.17, 15) is 14.3 Å². The molecule has 0 atom stereocenters. The van der Waals surface area contributed by atoms with Gasteiger partial charge in [-0.3, -0.25) is 4.79 Å². The molecule has 0 fully saturated rings. The quantitative estimate of drug-likeness (QED) is 0.631. The molecule has 0 radical (unpaired) electrons. The van der Waals surface area contributed by atoms with Crippen molar-refractivity contribution in [2.75, 3.05) is 13.6 Å². The molecule has 0 saturated carbocycles. The number of nitrogens with zero attached hydrogens (tertiary/aromatic N) is 1. The number of benzene rings is 1. The maximum absolute atomic E-state index is 13.0. The molecule has 0 aromatic heterocycles. The van der Waals surface area contributed by atoms with Crippen molar-refractivity contribution in [3.8, 4) is 5.75 Å². The third-order valence-electron chi connectivity index (χ3n) is 2.44. The van der Waals surface area contributed by atoms with Gasteiger partial charge < -0.3 is 10.0 Å². The number of rotatable bonds is 5. The van der Waals surface area contributed by atoms with Gasteiger partial charge in [-0.1, -0.05) is 6.08 Å². The Bertz CT molecular complexity index is 418. The molecule has 0 bridgehead atoms. The third kappa shape index (κ3) is 3.59. The van der Waals surface area contributed by atoms with Crippen molar-refractivity contribution in [2.45, 2.75) is 12.8 Å². The summed E-state index contributed by atoms with van der Waals surface area (Å²) in [5, 5.41) is 9.50. The number of hydrogen-bond acceptors (Lipinski definition) is 2. The van der Waals surface area contributed by atoms with E-state index < -0.39 is 5.82 Å². The highest BCUT2D eigenvalue weighted by molar-refractivity contribution is 5.96. The predicted molar refractivity (Wildman–Crippen MR) is 64.5 cm³/mol. The molecule has 3 nitrogen and oxygen atoms in total. The zero-order valence-corrected chi connectivity index (χ0v) is 9.82. The monoisotopic (exact) mass is 237 g/mol. The zero-order chi connectivity index (χ0) is 12.8. The van der Waals surface area contributed by atoms with Gasteiger partial charge in [0.15, 0.2) is 0 Å². The van der Waals surface area contributed by atoms with Gasteiger partial charge in [0.2, 0.25) is 0 Å². The second kappa shape index (κ2) is 6.03. The van der Waals surface area contributed by atoms with Gasteiger partial charge in [-0.15, -0.1) is 6.58 Å². The van der Waals surface area contributed by atoms with Gasteiger partial charge in [-0.05, 0) is 31.0 Å². The Hall–Kier alpha value is -1.84. The topological polar surface area (TPSA) is 40.5 Å². The number of aromatic hydroxyl groups is 1. The van der Waals surface area contributed by atoms with E-state index >= 15 is 0 Å². The van der Waals surface area contributed by atoms with E-state index in [2.05, 4.69) is 6.58 Å². The number of unbranched alkanes of at least 4 members (excludes halogenated alkanes) is 1. The fourth-order valence-electron chi connectivity index (χ4n) is 1.46. The van der Waals surface area contributed by atoms with Crippen LogP contribution in [0.15, 0.2) is 30.9 Å². The van der Waals surface area contributed by atoms with Gasteiger partial charge in [0.1, 0.15) is 11.6 Å². The minimum atomic E-state index is -0.536. The van der Waals surface area contributed by atoms with Crippen LogP contribution in [0.4, 0.5) is 4.39 Å². The first kappa shape index (κ1) is 13.2. The van der Waals surface area contributed by atoms with E-state index in [0.29, 0.717) is 6.54 Å². The lowest BCUT2D eigenvalue weighted by Crippen LogP contribution is -2.27. The third-order valence-corrected chi connectivity index (χ3v) is 2.44. The SMILES string of the molecule is C=CCCCN(C)C(=O)c1cc(F)ccc1O. The zero-order valence-electron chi connectivity index (χ0n) is 9.82. The molecule has 1 aromatic rings. The lowest BCUT2D eigenvalue weighted by atomic mass is 10.1. The number of phenols is 1. The molecule has 1 amide bonds. The minimum absolute atomic E-state index is 0.00824. The molecule has 0 saturated heterocycles. The van der Waals surface area contributed by atoms with Crippen LogP contribution in [0.5, 0.6) is 5.75 Å². The number of phenolic OH excluding ortho intramolecular Hbond substituents is 1. The van der Waals surface area contributed by atoms with Gasteiger partial charge in [-0.25, -0.2) is 4.39 Å². The van der Waals surface area contributed by atoms with Crippen molar-refractivity contribution in [3.05, 3.63) is 42.2 Å². The standard InChI is InChI=1S/C13H16FNO2/c1-3-4-5-8-15(2)13(17)11-9-10(14)6-7-12(11)16/h3,6-7,9,16H,1,4-5,8H2,2H3. The molecule has 0 aliphatic rings. The van der Waals surface area contributed by atoms with Crippen molar-refractivity contribution >= 4 is 5.91 Å². The molecule has 1 N–H and O–H groups in total. The number of carbonyl (C=O) groups is 1. The van der Waals surface area contributed by atoms with Crippen molar-refractivity contribution in [1.82, 2.24) is 4.90 Å². The second-order valence-electron chi connectivity index (χ2n) is 3.82. The molecular formula is C13H16FNO2. The molecule has 17 heavy (non-hydrogen) atoms. The Balaban J connectivity index is 2.74. The highest BCUT2D eigenvalue weighted by Gasteiger charge is 2.15. The summed E-state index contributed by atoms with van der Waals surface area (Å²) in [5.41, 5.74) is -0.00824. The molecule has 0 unspecified atom stereocenters. The highest BCUT2D eigenvalue weighted by atomic mass is 19.1. The number of allylic oxidation sites excluding steroid dienone is 1. The van der Waals surface area contributed by atoms with Gasteiger partial charge in [0.05, 0.1) is 5.56 Å². The largest absolute Gasteiger partial charge is 0.507 e. The van der Waals surface area contributed by atoms with Crippen LogP contribution in [0.2, 0.25) is 0 Å². The van der Waals surface area contributed by atoms with E-state index in [0.717, 1.165) is 25.0 Å². The number of hydrogen-bond donors (Lipinski definition) is 1. The number of halogens is 1. The van der Waals surface area contributed by atoms with Crippen LogP contribution < -0.4 is 0 Å². The smallest absolute Gasteiger partial charge is 0.257 e. The van der Waals surface area contributed by atoms with E-state index in [1.165, 1.54) is 11.0 Å². The molecular weight excluding hydrogens is 221 g/mol. The van der Waals surface area contributed by atoms with Gasteiger partial charge in [-0.2, -0.15) is 0 Å². The normalized spacial score (nSPS) is 10.0. The van der Waals surface area contributed by atoms with Gasteiger partial charge in [0.25, 0.3) is 5.91 Å². The maximum atomic E-state index is 13.0. The first-order valence-corrected chi connectivity index (χ1v) is 5.41. The van der Waals surface area contributed by atoms with E-state index in [4.69, 9.17) is 0 Å². The summed E-state index contributed by atoms with van der Waals surface area (Å²) in [6, 6.07) is 3.34. The molecule has 1 aromatic carbocycles. The molecule has 0 heterocycles. The van der Waals surface area contributed by atoms with Crippen LogP contribution in [0, 0.1) is 5.82 Å². The van der Waals surface area contributed by atoms with Crippen LogP contribution in [0.25, 0.3) is 0 Å². The molecule has 0 spiro atoms. The molecule has 1 rings (SSSR count). The Labute approximate surface area is 100 Å². The van der Waals surface area contributed by atoms with Crippen molar-refractivity contribution in [1.29, 1.82) is 0 Å². The van der Waals surface area contributed by atoms with Crippen LogP contribution in [-0.2, 0) is 0 Å². The van der Waals surface area contributed by atoms with Crippen LogP contribution in [0.3, 0.4) is 0 Å². The number of amides is 1. The summed E-state index contributed by atoms with van der Waals surface area (Å²) in [4.78, 5) is 13.3. The van der Waals surface area contributed by atoms with Crippen LogP contribution in [-0.4, -0.2) is 29.5 Å². The van der Waals surface area contributed by atoms with Gasteiger partial charge >= 0.3 is 0 Å². The summed E-state index contributed by atoms with van der Waals surface area (Å²) >= 11 is 0. The van der Waals surface area contributed by atoms with Crippen molar-refractivity contribution in [2.24, 2.45) is 0 Å². The summed E-state index contributed by atoms with van der Waals surface area (Å²) in [6.45, 7) is 4.14. The summed E-state index contributed by atoms with van der Waals surface area (Å²) in [7, 11) is 1.62. The van der Waals surface area contributed by atoms with Crippen molar-refractivity contribution < 1.29 is 14.3 Å². The van der Waals surface area contributed by atoms with Crippen LogP contribution in [0.1, 0.15) is 23.2 Å². The predicted octanol–water partition coefficient (Wildman–Crippen LogP) is 2.57. The molecule has 4 heteroatoms. The first-order valence-electron chi connectivity index (χ1n) is 5.41. The van der Waals surface area contributed by atoms with E-state index in [-0.39, 0.29) is 17.2 Å². The van der Waals surface area contributed by atoms with E-state index in [1.807, 2.05) is 0 Å². The Kier molecular flexibility index (Phi) is 4.69. The fraction of sp³-hybridized carbons (Fsp3) is 0.308. The molecule has 0 aliphatic carbocycles. The summed E-state index contributed by atoms with van der Waals surface area (Å²) in [6.07, 6.45) is 3.38. The average Bonchev–Trinajstić information content (AvgIpc) is 2.31.